The summed E-state index contributed by atoms with van der Waals surface area (Å²) in [5, 5.41) is 0. The highest BCUT2D eigenvalue weighted by Gasteiger charge is 2.29. The minimum Gasteiger partial charge on any atom is -0.495 e. The van der Waals surface area contributed by atoms with Crippen molar-refractivity contribution in [3.63, 3.8) is 0 Å². The molecular formula is C21H27N3O4S. The fraction of sp³-hybridized carbons (Fsp3) is 0.381. The number of benzene rings is 2. The number of para-hydroxylation sites is 2. The van der Waals surface area contributed by atoms with Crippen molar-refractivity contribution in [2.24, 2.45) is 0 Å². The largest absolute Gasteiger partial charge is 0.495 e. The van der Waals surface area contributed by atoms with Gasteiger partial charge in [0.25, 0.3) is 0 Å². The molecule has 0 aliphatic carbocycles. The quantitative estimate of drug-likeness (QED) is 0.690. The Balaban J connectivity index is 1.63. The van der Waals surface area contributed by atoms with Gasteiger partial charge in [-0.1, -0.05) is 37.3 Å². The molecule has 8 heteroatoms. The average molecular weight is 418 g/mol. The van der Waals surface area contributed by atoms with Gasteiger partial charge < -0.3 is 14.5 Å². The van der Waals surface area contributed by atoms with Gasteiger partial charge in [-0.2, -0.15) is 4.31 Å². The van der Waals surface area contributed by atoms with Crippen molar-refractivity contribution in [3.8, 4) is 5.75 Å². The van der Waals surface area contributed by atoms with E-state index in [9.17, 15) is 13.2 Å². The molecule has 0 bridgehead atoms. The van der Waals surface area contributed by atoms with Crippen LogP contribution in [0.4, 0.5) is 5.69 Å². The number of rotatable bonds is 7. The van der Waals surface area contributed by atoms with E-state index >= 15 is 0 Å². The van der Waals surface area contributed by atoms with Crippen LogP contribution >= 0.6 is 0 Å². The van der Waals surface area contributed by atoms with Gasteiger partial charge in [0, 0.05) is 32.7 Å². The number of hydrogen-bond acceptors (Lipinski definition) is 5. The number of carbonyl (C=O) groups is 1. The minimum atomic E-state index is -3.69. The van der Waals surface area contributed by atoms with E-state index in [1.165, 1.54) is 4.31 Å². The number of ether oxygens (including phenoxy) is 1. The summed E-state index contributed by atoms with van der Waals surface area (Å²) in [5.74, 6) is 0.629. The van der Waals surface area contributed by atoms with Crippen LogP contribution in [0.2, 0.25) is 0 Å². The van der Waals surface area contributed by atoms with Gasteiger partial charge in [-0.3, -0.25) is 4.79 Å². The summed E-state index contributed by atoms with van der Waals surface area (Å²) in [4.78, 5) is 16.9. The first-order valence-electron chi connectivity index (χ1n) is 9.68. The lowest BCUT2D eigenvalue weighted by atomic mass is 10.2. The minimum absolute atomic E-state index is 0.150. The predicted molar refractivity (Wildman–Crippen MR) is 113 cm³/mol. The number of nitrogens with zero attached hydrogens (tertiary/aromatic N) is 3. The maximum absolute atomic E-state index is 12.8. The monoisotopic (exact) mass is 417 g/mol. The summed E-state index contributed by atoms with van der Waals surface area (Å²) in [6.45, 7) is 4.26. The van der Waals surface area contributed by atoms with Gasteiger partial charge in [0.15, 0.2) is 0 Å². The smallest absolute Gasteiger partial charge is 0.243 e. The molecule has 7 nitrogen and oxygen atoms in total. The Hall–Kier alpha value is -2.58. The van der Waals surface area contributed by atoms with Crippen molar-refractivity contribution in [1.82, 2.24) is 9.21 Å². The van der Waals surface area contributed by atoms with E-state index in [2.05, 4.69) is 4.90 Å². The van der Waals surface area contributed by atoms with Gasteiger partial charge in [-0.05, 0) is 24.3 Å². The molecule has 0 aromatic heterocycles. The maximum atomic E-state index is 12.8. The van der Waals surface area contributed by atoms with E-state index < -0.39 is 10.0 Å². The van der Waals surface area contributed by atoms with Crippen molar-refractivity contribution in [2.45, 2.75) is 11.8 Å². The highest BCUT2D eigenvalue weighted by molar-refractivity contribution is 7.89. The van der Waals surface area contributed by atoms with Gasteiger partial charge in [-0.25, -0.2) is 8.42 Å². The summed E-state index contributed by atoms with van der Waals surface area (Å²) in [5.41, 5.74) is 1.00. The van der Waals surface area contributed by atoms with Crippen molar-refractivity contribution >= 4 is 21.6 Å². The Morgan fingerprint density at radius 2 is 1.62 bits per heavy atom. The summed E-state index contributed by atoms with van der Waals surface area (Å²) < 4.78 is 32.3. The first-order valence-corrected chi connectivity index (χ1v) is 11.1. The fourth-order valence-electron chi connectivity index (χ4n) is 3.45. The highest BCUT2D eigenvalue weighted by atomic mass is 32.2. The first kappa shape index (κ1) is 21.1. The Morgan fingerprint density at radius 1 is 1.00 bits per heavy atom. The van der Waals surface area contributed by atoms with E-state index in [1.807, 2.05) is 24.3 Å². The molecule has 0 atom stereocenters. The lowest BCUT2D eigenvalue weighted by Crippen LogP contribution is -2.51. The number of likely N-dealkylation sites (N-methyl/N-ethyl adjacent to an activating group) is 1. The lowest BCUT2D eigenvalue weighted by Gasteiger charge is -2.37. The van der Waals surface area contributed by atoms with Gasteiger partial charge in [-0.15, -0.1) is 0 Å². The number of piperazine rings is 1. The molecular weight excluding hydrogens is 390 g/mol. The van der Waals surface area contributed by atoms with E-state index in [0.717, 1.165) is 11.4 Å². The number of hydrogen-bond donors (Lipinski definition) is 0. The van der Waals surface area contributed by atoms with E-state index in [0.29, 0.717) is 26.2 Å². The van der Waals surface area contributed by atoms with Gasteiger partial charge in [0.05, 0.1) is 24.2 Å². The fourth-order valence-corrected chi connectivity index (χ4v) is 4.87. The number of carbonyl (C=O) groups excluding carboxylic acids is 1. The van der Waals surface area contributed by atoms with Crippen molar-refractivity contribution < 1.29 is 17.9 Å². The van der Waals surface area contributed by atoms with Crippen molar-refractivity contribution in [3.05, 3.63) is 54.6 Å². The molecule has 1 aliphatic heterocycles. The van der Waals surface area contributed by atoms with Crippen LogP contribution in [-0.4, -0.2) is 69.9 Å². The maximum Gasteiger partial charge on any atom is 0.243 e. The molecule has 29 heavy (non-hydrogen) atoms. The molecule has 2 aromatic carbocycles. The predicted octanol–water partition coefficient (Wildman–Crippen LogP) is 2.05. The van der Waals surface area contributed by atoms with Crippen LogP contribution in [0.15, 0.2) is 59.5 Å². The molecule has 1 heterocycles. The lowest BCUT2D eigenvalue weighted by molar-refractivity contribution is -0.131. The summed E-state index contributed by atoms with van der Waals surface area (Å²) in [6.07, 6.45) is 0. The molecule has 0 saturated carbocycles. The zero-order valence-electron chi connectivity index (χ0n) is 16.8. The van der Waals surface area contributed by atoms with E-state index in [4.69, 9.17) is 4.74 Å². The molecule has 0 radical (unpaired) electrons. The van der Waals surface area contributed by atoms with Crippen LogP contribution < -0.4 is 9.64 Å². The van der Waals surface area contributed by atoms with Crippen LogP contribution in [-0.2, 0) is 14.8 Å². The molecule has 0 N–H and O–H groups in total. The first-order chi connectivity index (χ1) is 14.0. The summed E-state index contributed by atoms with van der Waals surface area (Å²) in [7, 11) is -2.04. The molecule has 0 spiro atoms. The molecule has 2 aromatic rings. The zero-order chi connectivity index (χ0) is 20.9. The van der Waals surface area contributed by atoms with Crippen LogP contribution in [0.1, 0.15) is 6.92 Å². The standard InChI is InChI=1S/C21H27N3O4S/c1-3-24(29(26,27)18-9-5-4-6-10-18)17-21(25)23-15-13-22(14-16-23)19-11-7-8-12-20(19)28-2/h4-12H,3,13-17H2,1-2H3. The van der Waals surface area contributed by atoms with E-state index in [-0.39, 0.29) is 23.9 Å². The molecule has 1 saturated heterocycles. The summed E-state index contributed by atoms with van der Waals surface area (Å²) >= 11 is 0. The molecule has 156 valence electrons. The number of methoxy groups -OCH3 is 1. The van der Waals surface area contributed by atoms with Crippen LogP contribution in [0.5, 0.6) is 5.75 Å². The topological polar surface area (TPSA) is 70.2 Å². The molecule has 0 unspecified atom stereocenters. The third kappa shape index (κ3) is 4.71. The third-order valence-electron chi connectivity index (χ3n) is 5.10. The summed E-state index contributed by atoms with van der Waals surface area (Å²) in [6, 6.07) is 16.0. The van der Waals surface area contributed by atoms with Crippen molar-refractivity contribution in [1.29, 1.82) is 0 Å². The number of anilines is 1. The van der Waals surface area contributed by atoms with Gasteiger partial charge >= 0.3 is 0 Å². The molecule has 1 aliphatic rings. The Labute approximate surface area is 172 Å². The number of amides is 1. The Morgan fingerprint density at radius 3 is 2.24 bits per heavy atom. The zero-order valence-corrected chi connectivity index (χ0v) is 17.6. The molecule has 1 amide bonds. The average Bonchev–Trinajstić information content (AvgIpc) is 2.77. The second kappa shape index (κ2) is 9.28. The van der Waals surface area contributed by atoms with Crippen molar-refractivity contribution in [2.75, 3.05) is 51.3 Å². The molecule has 3 rings (SSSR count). The van der Waals surface area contributed by atoms with Gasteiger partial charge in [0.2, 0.25) is 15.9 Å². The SMILES string of the molecule is CCN(CC(=O)N1CCN(c2ccccc2OC)CC1)S(=O)(=O)c1ccccc1. The van der Waals surface area contributed by atoms with E-state index in [1.54, 1.807) is 49.3 Å². The second-order valence-electron chi connectivity index (χ2n) is 6.78. The third-order valence-corrected chi connectivity index (χ3v) is 7.04. The Bertz CT molecular complexity index is 926. The van der Waals surface area contributed by atoms with Crippen LogP contribution in [0, 0.1) is 0 Å². The number of sulfonamides is 1. The van der Waals surface area contributed by atoms with Gasteiger partial charge in [0.1, 0.15) is 5.75 Å². The second-order valence-corrected chi connectivity index (χ2v) is 8.72. The van der Waals surface area contributed by atoms with Crippen LogP contribution in [0.3, 0.4) is 0 Å². The highest BCUT2D eigenvalue weighted by Crippen LogP contribution is 2.28. The normalized spacial score (nSPS) is 14.9. The Kier molecular flexibility index (Phi) is 6.76. The molecule has 1 fully saturated rings. The van der Waals surface area contributed by atoms with Crippen LogP contribution in [0.25, 0.3) is 0 Å².